The quantitative estimate of drug-likeness (QED) is 0.816. The van der Waals surface area contributed by atoms with Gasteiger partial charge in [-0.3, -0.25) is 4.79 Å². The number of benzene rings is 1. The molecule has 2 nitrogen and oxygen atoms in total. The average molecular weight is 259 g/mol. The van der Waals surface area contributed by atoms with Gasteiger partial charge < -0.3 is 4.74 Å². The number of rotatable bonds is 2. The third kappa shape index (κ3) is 1.95. The van der Waals surface area contributed by atoms with Gasteiger partial charge in [0.2, 0.25) is 0 Å². The summed E-state index contributed by atoms with van der Waals surface area (Å²) in [4.78, 5) is 10.7. The van der Waals surface area contributed by atoms with Crippen LogP contribution in [0.2, 0.25) is 0 Å². The molecule has 0 aliphatic heterocycles. The van der Waals surface area contributed by atoms with E-state index in [4.69, 9.17) is 4.74 Å². The van der Waals surface area contributed by atoms with Crippen LogP contribution in [0.1, 0.15) is 12.8 Å². The lowest BCUT2D eigenvalue weighted by Crippen LogP contribution is -2.33. The van der Waals surface area contributed by atoms with Gasteiger partial charge in [-0.25, -0.2) is 4.39 Å². The Balaban J connectivity index is 2.08. The van der Waals surface area contributed by atoms with E-state index in [0.29, 0.717) is 23.1 Å². The molecule has 2 rings (SSSR count). The van der Waals surface area contributed by atoms with Crippen molar-refractivity contribution in [3.63, 3.8) is 0 Å². The molecule has 1 saturated carbocycles. The number of ketones is 1. The number of carbonyl (C=O) groups is 1. The molecule has 1 aromatic carbocycles. The van der Waals surface area contributed by atoms with Crippen molar-refractivity contribution in [2.24, 2.45) is 0 Å². The summed E-state index contributed by atoms with van der Waals surface area (Å²) in [5.74, 6) is 0.318. The summed E-state index contributed by atoms with van der Waals surface area (Å²) in [6, 6.07) is 4.25. The molecule has 14 heavy (non-hydrogen) atoms. The molecule has 74 valence electrons. The topological polar surface area (TPSA) is 26.3 Å². The first-order chi connectivity index (χ1) is 6.65. The van der Waals surface area contributed by atoms with Crippen molar-refractivity contribution in [1.82, 2.24) is 0 Å². The van der Waals surface area contributed by atoms with Crippen molar-refractivity contribution in [3.8, 4) is 5.75 Å². The maximum Gasteiger partial charge on any atom is 0.140 e. The molecule has 0 saturated heterocycles. The van der Waals surface area contributed by atoms with E-state index in [1.54, 1.807) is 6.07 Å². The molecular weight excluding hydrogens is 251 g/mol. The normalized spacial score (nSPS) is 16.6. The zero-order chi connectivity index (χ0) is 10.1. The fourth-order valence-electron chi connectivity index (χ4n) is 1.28. The number of hydrogen-bond acceptors (Lipinski definition) is 2. The lowest BCUT2D eigenvalue weighted by molar-refractivity contribution is -0.129. The molecule has 0 bridgehead atoms. The second-order valence-corrected chi connectivity index (χ2v) is 4.12. The van der Waals surface area contributed by atoms with E-state index in [1.165, 1.54) is 12.1 Å². The van der Waals surface area contributed by atoms with Crippen LogP contribution in [0.15, 0.2) is 22.7 Å². The largest absolute Gasteiger partial charge is 0.488 e. The van der Waals surface area contributed by atoms with Crippen molar-refractivity contribution >= 4 is 21.7 Å². The smallest absolute Gasteiger partial charge is 0.140 e. The molecule has 1 aliphatic carbocycles. The SMILES string of the molecule is O=C1CC(Oc2cc(F)ccc2Br)C1. The summed E-state index contributed by atoms with van der Waals surface area (Å²) in [7, 11) is 0. The fourth-order valence-corrected chi connectivity index (χ4v) is 1.62. The van der Waals surface area contributed by atoms with Crippen LogP contribution < -0.4 is 4.74 Å². The minimum Gasteiger partial charge on any atom is -0.488 e. The molecule has 1 aromatic rings. The molecule has 0 aromatic heterocycles. The lowest BCUT2D eigenvalue weighted by atomic mass is 9.94. The Morgan fingerprint density at radius 1 is 1.43 bits per heavy atom. The minimum absolute atomic E-state index is 0.0828. The first kappa shape index (κ1) is 9.65. The summed E-state index contributed by atoms with van der Waals surface area (Å²) in [6.07, 6.45) is 0.784. The number of carbonyl (C=O) groups excluding carboxylic acids is 1. The van der Waals surface area contributed by atoms with E-state index < -0.39 is 0 Å². The van der Waals surface area contributed by atoms with E-state index in [0.717, 1.165) is 0 Å². The molecule has 0 amide bonds. The maximum absolute atomic E-state index is 12.8. The van der Waals surface area contributed by atoms with Crippen molar-refractivity contribution in [2.75, 3.05) is 0 Å². The van der Waals surface area contributed by atoms with Crippen LogP contribution in [-0.2, 0) is 4.79 Å². The monoisotopic (exact) mass is 258 g/mol. The van der Waals surface area contributed by atoms with Crippen molar-refractivity contribution in [1.29, 1.82) is 0 Å². The predicted molar refractivity (Wildman–Crippen MR) is 52.8 cm³/mol. The van der Waals surface area contributed by atoms with Crippen LogP contribution in [0, 0.1) is 5.82 Å². The molecule has 0 N–H and O–H groups in total. The van der Waals surface area contributed by atoms with Gasteiger partial charge in [-0.1, -0.05) is 0 Å². The highest BCUT2D eigenvalue weighted by atomic mass is 79.9. The zero-order valence-electron chi connectivity index (χ0n) is 7.30. The maximum atomic E-state index is 12.8. The first-order valence-corrected chi connectivity index (χ1v) is 5.08. The Morgan fingerprint density at radius 3 is 2.79 bits per heavy atom. The summed E-state index contributed by atoms with van der Waals surface area (Å²) >= 11 is 3.25. The summed E-state index contributed by atoms with van der Waals surface area (Å²) in [5.41, 5.74) is 0. The highest BCUT2D eigenvalue weighted by Gasteiger charge is 2.28. The Labute approximate surface area is 89.2 Å². The highest BCUT2D eigenvalue weighted by molar-refractivity contribution is 9.10. The van der Waals surface area contributed by atoms with Crippen molar-refractivity contribution < 1.29 is 13.9 Å². The third-order valence-electron chi connectivity index (χ3n) is 2.10. The van der Waals surface area contributed by atoms with Gasteiger partial charge in [0.15, 0.2) is 0 Å². The molecule has 0 atom stereocenters. The molecular formula is C10H8BrFO2. The van der Waals surface area contributed by atoms with Gasteiger partial charge in [0.1, 0.15) is 23.5 Å². The number of ether oxygens (including phenoxy) is 1. The van der Waals surface area contributed by atoms with Crippen LogP contribution in [0.25, 0.3) is 0 Å². The fraction of sp³-hybridized carbons (Fsp3) is 0.300. The number of hydrogen-bond donors (Lipinski definition) is 0. The van der Waals surface area contributed by atoms with Gasteiger partial charge >= 0.3 is 0 Å². The van der Waals surface area contributed by atoms with E-state index in [-0.39, 0.29) is 17.7 Å². The molecule has 0 spiro atoms. The van der Waals surface area contributed by atoms with Gasteiger partial charge in [0, 0.05) is 18.9 Å². The van der Waals surface area contributed by atoms with Gasteiger partial charge in [-0.15, -0.1) is 0 Å². The van der Waals surface area contributed by atoms with E-state index in [1.807, 2.05) is 0 Å². The molecule has 1 aliphatic rings. The average Bonchev–Trinajstić information content (AvgIpc) is 2.09. The Morgan fingerprint density at radius 2 is 2.14 bits per heavy atom. The summed E-state index contributed by atoms with van der Waals surface area (Å²) in [6.45, 7) is 0. The summed E-state index contributed by atoms with van der Waals surface area (Å²) < 4.78 is 19.0. The Bertz CT molecular complexity index is 370. The Kier molecular flexibility index (Phi) is 2.54. The first-order valence-electron chi connectivity index (χ1n) is 4.28. The van der Waals surface area contributed by atoms with Crippen LogP contribution in [-0.4, -0.2) is 11.9 Å². The molecule has 4 heteroatoms. The lowest BCUT2D eigenvalue weighted by Gasteiger charge is -2.25. The van der Waals surface area contributed by atoms with Crippen molar-refractivity contribution in [3.05, 3.63) is 28.5 Å². The Hall–Kier alpha value is -0.900. The molecule has 0 radical (unpaired) electrons. The van der Waals surface area contributed by atoms with E-state index in [2.05, 4.69) is 15.9 Å². The number of Topliss-reactive ketones (excluding diaryl/α,β-unsaturated/α-hetero) is 1. The van der Waals surface area contributed by atoms with Gasteiger partial charge in [-0.2, -0.15) is 0 Å². The zero-order valence-corrected chi connectivity index (χ0v) is 8.88. The highest BCUT2D eigenvalue weighted by Crippen LogP contribution is 2.29. The van der Waals surface area contributed by atoms with Gasteiger partial charge in [0.05, 0.1) is 4.47 Å². The van der Waals surface area contributed by atoms with Crippen LogP contribution >= 0.6 is 15.9 Å². The second-order valence-electron chi connectivity index (χ2n) is 3.26. The minimum atomic E-state index is -0.339. The predicted octanol–water partition coefficient (Wildman–Crippen LogP) is 2.70. The number of halogens is 2. The van der Waals surface area contributed by atoms with E-state index >= 15 is 0 Å². The van der Waals surface area contributed by atoms with Crippen LogP contribution in [0.5, 0.6) is 5.75 Å². The standard InChI is InChI=1S/C10H8BrFO2/c11-9-2-1-6(12)3-10(9)14-8-4-7(13)5-8/h1-3,8H,4-5H2. The molecule has 0 heterocycles. The summed E-state index contributed by atoms with van der Waals surface area (Å²) in [5, 5.41) is 0. The van der Waals surface area contributed by atoms with E-state index in [9.17, 15) is 9.18 Å². The molecule has 0 unspecified atom stereocenters. The van der Waals surface area contributed by atoms with Gasteiger partial charge in [-0.05, 0) is 28.1 Å². The van der Waals surface area contributed by atoms with Gasteiger partial charge in [0.25, 0.3) is 0 Å². The third-order valence-corrected chi connectivity index (χ3v) is 2.75. The molecule has 1 fully saturated rings. The van der Waals surface area contributed by atoms with Crippen molar-refractivity contribution in [2.45, 2.75) is 18.9 Å². The van der Waals surface area contributed by atoms with Crippen LogP contribution in [0.4, 0.5) is 4.39 Å². The second kappa shape index (κ2) is 3.69. The van der Waals surface area contributed by atoms with Crippen LogP contribution in [0.3, 0.4) is 0 Å².